The van der Waals surface area contributed by atoms with Crippen molar-refractivity contribution >= 4 is 5.91 Å². The Bertz CT molecular complexity index is 908. The molecule has 1 aliphatic heterocycles. The van der Waals surface area contributed by atoms with Gasteiger partial charge in [0.15, 0.2) is 0 Å². The minimum absolute atomic E-state index is 0.0481. The zero-order chi connectivity index (χ0) is 17.9. The molecule has 1 aromatic heterocycles. The lowest BCUT2D eigenvalue weighted by molar-refractivity contribution is -0.126. The highest BCUT2D eigenvalue weighted by molar-refractivity contribution is 5.82. The first-order chi connectivity index (χ1) is 12.7. The number of likely N-dealkylation sites (N-methyl/N-ethyl adjacent to an activating group) is 1. The van der Waals surface area contributed by atoms with Crippen molar-refractivity contribution in [3.8, 4) is 11.4 Å². The number of rotatable bonds is 4. The Morgan fingerprint density at radius 2 is 2.08 bits per heavy atom. The highest BCUT2D eigenvalue weighted by Gasteiger charge is 2.28. The van der Waals surface area contributed by atoms with Gasteiger partial charge in [-0.15, -0.1) is 10.2 Å². The summed E-state index contributed by atoms with van der Waals surface area (Å²) in [5.41, 5.74) is 4.42. The third kappa shape index (κ3) is 3.34. The average Bonchev–Trinajstić information content (AvgIpc) is 3.20. The number of amides is 1. The quantitative estimate of drug-likeness (QED) is 0.747. The van der Waals surface area contributed by atoms with Gasteiger partial charge in [-0.05, 0) is 41.4 Å². The molecule has 1 aliphatic rings. The predicted octanol–water partition coefficient (Wildman–Crippen LogP) is 1.54. The number of hydrogen-bond donors (Lipinski definition) is 2. The fourth-order valence-electron chi connectivity index (χ4n) is 3.36. The monoisotopic (exact) mass is 348 g/mol. The van der Waals surface area contributed by atoms with Gasteiger partial charge in [0.2, 0.25) is 11.7 Å². The van der Waals surface area contributed by atoms with Crippen LogP contribution in [0.3, 0.4) is 0 Å². The number of nitrogens with zero attached hydrogens (tertiary/aromatic N) is 4. The summed E-state index contributed by atoms with van der Waals surface area (Å²) in [6.07, 6.45) is 0.738. The Morgan fingerprint density at radius 1 is 1.23 bits per heavy atom. The number of carbonyl (C=O) groups excluding carboxylic acids is 1. The SMILES string of the molecule is CN1Cc2ccccc2CC1C(=O)NCc1cccc(-c2nn[nH]n2)c1. The normalized spacial score (nSPS) is 16.9. The molecule has 0 radical (unpaired) electrons. The first-order valence-corrected chi connectivity index (χ1v) is 8.58. The summed E-state index contributed by atoms with van der Waals surface area (Å²) in [5.74, 6) is 0.591. The van der Waals surface area contributed by atoms with Gasteiger partial charge in [0.1, 0.15) is 0 Å². The van der Waals surface area contributed by atoms with Crippen molar-refractivity contribution in [1.82, 2.24) is 30.8 Å². The molecule has 0 saturated carbocycles. The van der Waals surface area contributed by atoms with Crippen LogP contribution in [-0.2, 0) is 24.3 Å². The lowest BCUT2D eigenvalue weighted by atomic mass is 9.94. The van der Waals surface area contributed by atoms with Crippen LogP contribution in [0.2, 0.25) is 0 Å². The number of nitrogens with one attached hydrogen (secondary N) is 2. The Kier molecular flexibility index (Phi) is 4.45. The molecule has 7 nitrogen and oxygen atoms in total. The van der Waals surface area contributed by atoms with Crippen molar-refractivity contribution in [2.24, 2.45) is 0 Å². The minimum atomic E-state index is -0.148. The molecule has 2 N–H and O–H groups in total. The smallest absolute Gasteiger partial charge is 0.237 e. The minimum Gasteiger partial charge on any atom is -0.351 e. The van der Waals surface area contributed by atoms with E-state index in [1.807, 2.05) is 43.4 Å². The molecule has 2 heterocycles. The van der Waals surface area contributed by atoms with Crippen molar-refractivity contribution in [1.29, 1.82) is 0 Å². The third-order valence-corrected chi connectivity index (χ3v) is 4.78. The number of benzene rings is 2. The first kappa shape index (κ1) is 16.4. The Balaban J connectivity index is 1.42. The van der Waals surface area contributed by atoms with Crippen LogP contribution in [0.5, 0.6) is 0 Å². The number of H-pyrrole nitrogens is 1. The summed E-state index contributed by atoms with van der Waals surface area (Å²) < 4.78 is 0. The fourth-order valence-corrected chi connectivity index (χ4v) is 3.36. The van der Waals surface area contributed by atoms with E-state index in [1.165, 1.54) is 11.1 Å². The first-order valence-electron chi connectivity index (χ1n) is 8.58. The second kappa shape index (κ2) is 7.05. The van der Waals surface area contributed by atoms with E-state index in [4.69, 9.17) is 0 Å². The molecule has 7 heteroatoms. The molecule has 26 heavy (non-hydrogen) atoms. The highest BCUT2D eigenvalue weighted by Crippen LogP contribution is 2.22. The van der Waals surface area contributed by atoms with Gasteiger partial charge in [-0.25, -0.2) is 0 Å². The molecule has 4 rings (SSSR count). The maximum atomic E-state index is 12.7. The maximum Gasteiger partial charge on any atom is 0.237 e. The van der Waals surface area contributed by atoms with Gasteiger partial charge in [0.05, 0.1) is 6.04 Å². The highest BCUT2D eigenvalue weighted by atomic mass is 16.2. The molecule has 132 valence electrons. The third-order valence-electron chi connectivity index (χ3n) is 4.78. The standard InChI is InChI=1S/C19H20N6O/c1-25-12-16-7-3-2-6-14(16)10-17(25)19(26)20-11-13-5-4-8-15(9-13)18-21-23-24-22-18/h2-9,17H,10-12H2,1H3,(H,20,26)(H,21,22,23,24). The van der Waals surface area contributed by atoms with Crippen LogP contribution in [-0.4, -0.2) is 44.5 Å². The summed E-state index contributed by atoms with van der Waals surface area (Å²) >= 11 is 0. The van der Waals surface area contributed by atoms with Crippen LogP contribution >= 0.6 is 0 Å². The number of aromatic amines is 1. The van der Waals surface area contributed by atoms with Gasteiger partial charge >= 0.3 is 0 Å². The van der Waals surface area contributed by atoms with E-state index in [9.17, 15) is 4.79 Å². The van der Waals surface area contributed by atoms with E-state index in [0.29, 0.717) is 12.4 Å². The Hall–Kier alpha value is -3.06. The molecule has 1 unspecified atom stereocenters. The average molecular weight is 348 g/mol. The molecule has 0 bridgehead atoms. The van der Waals surface area contributed by atoms with Gasteiger partial charge in [-0.3, -0.25) is 9.69 Å². The van der Waals surface area contributed by atoms with Crippen molar-refractivity contribution in [3.05, 3.63) is 65.2 Å². The number of hydrogen-bond acceptors (Lipinski definition) is 5. The van der Waals surface area contributed by atoms with Crippen molar-refractivity contribution < 1.29 is 4.79 Å². The molecular weight excluding hydrogens is 328 g/mol. The Morgan fingerprint density at radius 3 is 2.88 bits per heavy atom. The van der Waals surface area contributed by atoms with Crippen LogP contribution in [0.25, 0.3) is 11.4 Å². The van der Waals surface area contributed by atoms with Crippen LogP contribution in [0, 0.1) is 0 Å². The molecule has 0 saturated heterocycles. The second-order valence-electron chi connectivity index (χ2n) is 6.56. The van der Waals surface area contributed by atoms with Crippen LogP contribution in [0.1, 0.15) is 16.7 Å². The van der Waals surface area contributed by atoms with Crippen LogP contribution < -0.4 is 5.32 Å². The van der Waals surface area contributed by atoms with Gasteiger partial charge in [0.25, 0.3) is 0 Å². The molecule has 0 fully saturated rings. The summed E-state index contributed by atoms with van der Waals surface area (Å²) in [4.78, 5) is 14.8. The maximum absolute atomic E-state index is 12.7. The van der Waals surface area contributed by atoms with E-state index in [2.05, 4.69) is 43.0 Å². The molecule has 3 aromatic rings. The zero-order valence-electron chi connectivity index (χ0n) is 14.5. The van der Waals surface area contributed by atoms with E-state index in [0.717, 1.165) is 24.1 Å². The molecule has 0 aliphatic carbocycles. The molecule has 1 amide bonds. The summed E-state index contributed by atoms with van der Waals surface area (Å²) in [7, 11) is 2.00. The van der Waals surface area contributed by atoms with Crippen molar-refractivity contribution in [3.63, 3.8) is 0 Å². The van der Waals surface area contributed by atoms with E-state index in [1.54, 1.807) is 0 Å². The predicted molar refractivity (Wildman–Crippen MR) is 96.9 cm³/mol. The largest absolute Gasteiger partial charge is 0.351 e. The van der Waals surface area contributed by atoms with Crippen LogP contribution in [0.15, 0.2) is 48.5 Å². The van der Waals surface area contributed by atoms with Crippen molar-refractivity contribution in [2.45, 2.75) is 25.6 Å². The molecule has 1 atom stereocenters. The van der Waals surface area contributed by atoms with Gasteiger partial charge in [0, 0.05) is 18.7 Å². The number of tetrazole rings is 1. The molecular formula is C19H20N6O. The lowest BCUT2D eigenvalue weighted by Crippen LogP contribution is -2.48. The topological polar surface area (TPSA) is 86.8 Å². The number of fused-ring (bicyclic) bond motifs is 1. The van der Waals surface area contributed by atoms with E-state index in [-0.39, 0.29) is 11.9 Å². The van der Waals surface area contributed by atoms with E-state index >= 15 is 0 Å². The zero-order valence-corrected chi connectivity index (χ0v) is 14.5. The van der Waals surface area contributed by atoms with Crippen LogP contribution in [0.4, 0.5) is 0 Å². The van der Waals surface area contributed by atoms with Gasteiger partial charge < -0.3 is 5.32 Å². The Labute approximate surface area is 151 Å². The second-order valence-corrected chi connectivity index (χ2v) is 6.56. The van der Waals surface area contributed by atoms with Crippen molar-refractivity contribution in [2.75, 3.05) is 7.05 Å². The number of carbonyl (C=O) groups is 1. The van der Waals surface area contributed by atoms with Gasteiger partial charge in [-0.2, -0.15) is 5.21 Å². The summed E-state index contributed by atoms with van der Waals surface area (Å²) in [5, 5.41) is 17.1. The van der Waals surface area contributed by atoms with E-state index < -0.39 is 0 Å². The fraction of sp³-hybridized carbons (Fsp3) is 0.263. The summed E-state index contributed by atoms with van der Waals surface area (Å²) in [6, 6.07) is 15.9. The lowest BCUT2D eigenvalue weighted by Gasteiger charge is -2.33. The van der Waals surface area contributed by atoms with Gasteiger partial charge in [-0.1, -0.05) is 42.5 Å². The summed E-state index contributed by atoms with van der Waals surface area (Å²) in [6.45, 7) is 1.26. The number of aromatic nitrogens is 4. The molecule has 2 aromatic carbocycles. The molecule has 0 spiro atoms.